The molecule has 5 nitrogen and oxygen atoms in total. The van der Waals surface area contributed by atoms with Gasteiger partial charge in [0.15, 0.2) is 0 Å². The lowest BCUT2D eigenvalue weighted by atomic mass is 10.0. The average Bonchev–Trinajstić information content (AvgIpc) is 3.30. The molecular weight excluding hydrogens is 254 g/mol. The Labute approximate surface area is 119 Å². The molecule has 1 saturated heterocycles. The molecule has 5 heteroatoms. The second-order valence-electron chi connectivity index (χ2n) is 5.71. The molecule has 20 heavy (non-hydrogen) atoms. The Kier molecular flexibility index (Phi) is 3.61. The first kappa shape index (κ1) is 13.4. The van der Waals surface area contributed by atoms with E-state index in [2.05, 4.69) is 4.98 Å². The zero-order valence-corrected chi connectivity index (χ0v) is 11.8. The fraction of sp³-hybridized carbons (Fsp3) is 0.600. The molecule has 1 aromatic heterocycles. The highest BCUT2D eigenvalue weighted by atomic mass is 16.5. The lowest BCUT2D eigenvalue weighted by Gasteiger charge is -2.31. The number of methoxy groups -OCH3 is 1. The van der Waals surface area contributed by atoms with Gasteiger partial charge >= 0.3 is 0 Å². The molecule has 1 amide bonds. The van der Waals surface area contributed by atoms with Gasteiger partial charge in [-0.15, -0.1) is 0 Å². The van der Waals surface area contributed by atoms with Crippen LogP contribution in [0.4, 0.5) is 0 Å². The van der Waals surface area contributed by atoms with Gasteiger partial charge in [-0.25, -0.2) is 4.98 Å². The fourth-order valence-corrected chi connectivity index (χ4v) is 2.78. The van der Waals surface area contributed by atoms with E-state index in [0.717, 1.165) is 43.5 Å². The summed E-state index contributed by atoms with van der Waals surface area (Å²) in [4.78, 5) is 19.0. The van der Waals surface area contributed by atoms with Crippen LogP contribution in [0.5, 0.6) is 5.88 Å². The molecule has 1 saturated carbocycles. The quantitative estimate of drug-likeness (QED) is 0.908. The molecule has 1 atom stereocenters. The first-order valence-corrected chi connectivity index (χ1v) is 7.29. The number of aromatic nitrogens is 1. The smallest absolute Gasteiger partial charge is 0.255 e. The van der Waals surface area contributed by atoms with Gasteiger partial charge in [-0.1, -0.05) is 0 Å². The topological polar surface area (TPSA) is 68.5 Å². The maximum absolute atomic E-state index is 12.7. The Hall–Kier alpha value is -1.62. The molecule has 0 spiro atoms. The number of nitrogens with zero attached hydrogens (tertiary/aromatic N) is 2. The molecule has 0 radical (unpaired) electrons. The summed E-state index contributed by atoms with van der Waals surface area (Å²) in [5, 5.41) is 0. The van der Waals surface area contributed by atoms with Crippen molar-refractivity contribution in [2.24, 2.45) is 5.73 Å². The van der Waals surface area contributed by atoms with Crippen LogP contribution in [0.1, 0.15) is 47.7 Å². The number of rotatable bonds is 3. The first-order valence-electron chi connectivity index (χ1n) is 7.29. The van der Waals surface area contributed by atoms with Crippen molar-refractivity contribution < 1.29 is 9.53 Å². The summed E-state index contributed by atoms with van der Waals surface area (Å²) in [6.07, 6.45) is 4.20. The number of hydrogen-bond acceptors (Lipinski definition) is 4. The summed E-state index contributed by atoms with van der Waals surface area (Å²) in [6.45, 7) is 1.44. The van der Waals surface area contributed by atoms with Crippen molar-refractivity contribution >= 4 is 5.91 Å². The summed E-state index contributed by atoms with van der Waals surface area (Å²) < 4.78 is 5.17. The van der Waals surface area contributed by atoms with Crippen molar-refractivity contribution in [3.05, 3.63) is 23.4 Å². The molecule has 2 aliphatic rings. The van der Waals surface area contributed by atoms with E-state index in [1.807, 2.05) is 11.0 Å². The van der Waals surface area contributed by atoms with E-state index in [0.29, 0.717) is 18.3 Å². The number of pyridine rings is 1. The predicted molar refractivity (Wildman–Crippen MR) is 75.9 cm³/mol. The molecule has 1 aliphatic heterocycles. The van der Waals surface area contributed by atoms with Crippen LogP contribution in [0.25, 0.3) is 0 Å². The highest BCUT2D eigenvalue weighted by molar-refractivity contribution is 5.95. The number of carbonyl (C=O) groups is 1. The van der Waals surface area contributed by atoms with E-state index in [4.69, 9.17) is 10.5 Å². The standard InChI is InChI=1S/C15H21N3O2/c1-20-13-7-6-12(14(17-13)10-4-5-10)15(19)18-8-2-3-11(16)9-18/h6-7,10-11H,2-5,8-9,16H2,1H3/t11-/m1/s1. The summed E-state index contributed by atoms with van der Waals surface area (Å²) in [5.41, 5.74) is 7.59. The van der Waals surface area contributed by atoms with Crippen LogP contribution in [0.15, 0.2) is 12.1 Å². The van der Waals surface area contributed by atoms with Gasteiger partial charge in [0, 0.05) is 31.1 Å². The van der Waals surface area contributed by atoms with Crippen LogP contribution in [0, 0.1) is 0 Å². The number of carbonyl (C=O) groups excluding carboxylic acids is 1. The SMILES string of the molecule is COc1ccc(C(=O)N2CCC[C@@H](N)C2)c(C2CC2)n1. The molecule has 0 aromatic carbocycles. The molecule has 0 bridgehead atoms. The van der Waals surface area contributed by atoms with E-state index in [1.54, 1.807) is 13.2 Å². The van der Waals surface area contributed by atoms with Crippen molar-refractivity contribution in [1.82, 2.24) is 9.88 Å². The Morgan fingerprint density at radius 3 is 2.85 bits per heavy atom. The third-order valence-corrected chi connectivity index (χ3v) is 4.05. The van der Waals surface area contributed by atoms with Gasteiger partial charge in [0.1, 0.15) is 0 Å². The maximum atomic E-state index is 12.7. The Morgan fingerprint density at radius 1 is 1.40 bits per heavy atom. The Bertz CT molecular complexity index is 514. The van der Waals surface area contributed by atoms with Gasteiger partial charge in [0.25, 0.3) is 5.91 Å². The van der Waals surface area contributed by atoms with Gasteiger partial charge in [0.2, 0.25) is 5.88 Å². The lowest BCUT2D eigenvalue weighted by Crippen LogP contribution is -2.46. The van der Waals surface area contributed by atoms with Gasteiger partial charge in [-0.2, -0.15) is 0 Å². The van der Waals surface area contributed by atoms with E-state index < -0.39 is 0 Å². The number of amides is 1. The van der Waals surface area contributed by atoms with Gasteiger partial charge < -0.3 is 15.4 Å². The summed E-state index contributed by atoms with van der Waals surface area (Å²) in [6, 6.07) is 3.72. The first-order chi connectivity index (χ1) is 9.69. The number of piperidine rings is 1. The van der Waals surface area contributed by atoms with Crippen molar-refractivity contribution in [2.45, 2.75) is 37.6 Å². The maximum Gasteiger partial charge on any atom is 0.255 e. The van der Waals surface area contributed by atoms with Crippen LogP contribution in [0.2, 0.25) is 0 Å². The number of likely N-dealkylation sites (tertiary alicyclic amines) is 1. The van der Waals surface area contributed by atoms with Crippen molar-refractivity contribution in [2.75, 3.05) is 20.2 Å². The Balaban J connectivity index is 1.86. The highest BCUT2D eigenvalue weighted by Crippen LogP contribution is 2.41. The minimum Gasteiger partial charge on any atom is -0.481 e. The van der Waals surface area contributed by atoms with E-state index in [1.165, 1.54) is 0 Å². The van der Waals surface area contributed by atoms with Crippen LogP contribution in [0.3, 0.4) is 0 Å². The second-order valence-corrected chi connectivity index (χ2v) is 5.71. The largest absolute Gasteiger partial charge is 0.481 e. The second kappa shape index (κ2) is 5.40. The monoisotopic (exact) mass is 275 g/mol. The van der Waals surface area contributed by atoms with Gasteiger partial charge in [-0.3, -0.25) is 4.79 Å². The van der Waals surface area contributed by atoms with E-state index in [9.17, 15) is 4.79 Å². The Morgan fingerprint density at radius 2 is 2.20 bits per heavy atom. The fourth-order valence-electron chi connectivity index (χ4n) is 2.78. The van der Waals surface area contributed by atoms with Crippen molar-refractivity contribution in [3.8, 4) is 5.88 Å². The van der Waals surface area contributed by atoms with Crippen molar-refractivity contribution in [1.29, 1.82) is 0 Å². The predicted octanol–water partition coefficient (Wildman–Crippen LogP) is 1.53. The normalized spacial score (nSPS) is 22.7. The number of hydrogen-bond donors (Lipinski definition) is 1. The summed E-state index contributed by atoms with van der Waals surface area (Å²) in [7, 11) is 1.60. The van der Waals surface area contributed by atoms with E-state index >= 15 is 0 Å². The van der Waals surface area contributed by atoms with Crippen LogP contribution in [-0.4, -0.2) is 42.0 Å². The van der Waals surface area contributed by atoms with Crippen LogP contribution >= 0.6 is 0 Å². The van der Waals surface area contributed by atoms with Gasteiger partial charge in [-0.05, 0) is 31.7 Å². The molecule has 2 N–H and O–H groups in total. The molecule has 2 heterocycles. The minimum atomic E-state index is 0.0669. The van der Waals surface area contributed by atoms with Crippen LogP contribution in [-0.2, 0) is 0 Å². The molecule has 1 aliphatic carbocycles. The number of nitrogens with two attached hydrogens (primary N) is 1. The van der Waals surface area contributed by atoms with Gasteiger partial charge in [0.05, 0.1) is 18.4 Å². The highest BCUT2D eigenvalue weighted by Gasteiger charge is 2.32. The number of ether oxygens (including phenoxy) is 1. The minimum absolute atomic E-state index is 0.0669. The third-order valence-electron chi connectivity index (χ3n) is 4.05. The molecular formula is C15H21N3O2. The third kappa shape index (κ3) is 2.63. The molecule has 108 valence electrons. The molecule has 2 fully saturated rings. The molecule has 0 unspecified atom stereocenters. The average molecular weight is 275 g/mol. The zero-order valence-electron chi connectivity index (χ0n) is 11.8. The van der Waals surface area contributed by atoms with E-state index in [-0.39, 0.29) is 11.9 Å². The lowest BCUT2D eigenvalue weighted by molar-refractivity contribution is 0.0707. The summed E-state index contributed by atoms with van der Waals surface area (Å²) >= 11 is 0. The van der Waals surface area contributed by atoms with Crippen LogP contribution < -0.4 is 10.5 Å². The summed E-state index contributed by atoms with van der Waals surface area (Å²) in [5.74, 6) is 1.07. The molecule has 3 rings (SSSR count). The molecule has 1 aromatic rings. The van der Waals surface area contributed by atoms with Crippen molar-refractivity contribution in [3.63, 3.8) is 0 Å². The zero-order chi connectivity index (χ0) is 14.1.